The summed E-state index contributed by atoms with van der Waals surface area (Å²) in [7, 11) is 0. The summed E-state index contributed by atoms with van der Waals surface area (Å²) in [5.41, 5.74) is 0. The highest BCUT2D eigenvalue weighted by Gasteiger charge is 2.20. The molecule has 4 nitrogen and oxygen atoms in total. The van der Waals surface area contributed by atoms with Gasteiger partial charge in [0, 0.05) is 19.8 Å². The Morgan fingerprint density at radius 1 is 1.22 bits per heavy atom. The van der Waals surface area contributed by atoms with Gasteiger partial charge in [0.1, 0.15) is 0 Å². The van der Waals surface area contributed by atoms with E-state index >= 15 is 0 Å². The van der Waals surface area contributed by atoms with Crippen LogP contribution in [0.4, 0.5) is 0 Å². The van der Waals surface area contributed by atoms with Crippen LogP contribution in [0.5, 0.6) is 0 Å². The quantitative estimate of drug-likeness (QED) is 0.672. The summed E-state index contributed by atoms with van der Waals surface area (Å²) in [6.07, 6.45) is 7.05. The zero-order valence-corrected chi connectivity index (χ0v) is 11.5. The summed E-state index contributed by atoms with van der Waals surface area (Å²) in [6, 6.07) is 0. The summed E-state index contributed by atoms with van der Waals surface area (Å²) in [6.45, 7) is 6.65. The second-order valence-electron chi connectivity index (χ2n) is 5.41. The minimum Gasteiger partial charge on any atom is -0.379 e. The van der Waals surface area contributed by atoms with Gasteiger partial charge in [-0.1, -0.05) is 0 Å². The van der Waals surface area contributed by atoms with Gasteiger partial charge < -0.3 is 19.5 Å². The van der Waals surface area contributed by atoms with Crippen molar-refractivity contribution in [2.45, 2.75) is 57.3 Å². The van der Waals surface area contributed by atoms with Crippen molar-refractivity contribution in [3.8, 4) is 0 Å². The van der Waals surface area contributed by atoms with Crippen LogP contribution >= 0.6 is 0 Å². The molecule has 2 rings (SSSR count). The van der Waals surface area contributed by atoms with Crippen molar-refractivity contribution in [3.05, 3.63) is 0 Å². The van der Waals surface area contributed by atoms with Gasteiger partial charge in [-0.2, -0.15) is 0 Å². The van der Waals surface area contributed by atoms with E-state index in [1.165, 1.54) is 19.3 Å². The smallest absolute Gasteiger partial charge is 0.0809 e. The van der Waals surface area contributed by atoms with Crippen LogP contribution in [0.1, 0.15) is 39.0 Å². The number of hydrogen-bond donors (Lipinski definition) is 1. The van der Waals surface area contributed by atoms with Crippen molar-refractivity contribution in [1.82, 2.24) is 5.32 Å². The van der Waals surface area contributed by atoms with E-state index in [-0.39, 0.29) is 0 Å². The molecule has 2 fully saturated rings. The van der Waals surface area contributed by atoms with E-state index < -0.39 is 0 Å². The van der Waals surface area contributed by atoms with E-state index in [9.17, 15) is 0 Å². The molecule has 18 heavy (non-hydrogen) atoms. The molecule has 3 atom stereocenters. The average Bonchev–Trinajstić information content (AvgIpc) is 3.00. The topological polar surface area (TPSA) is 39.7 Å². The molecule has 0 bridgehead atoms. The molecule has 2 heterocycles. The van der Waals surface area contributed by atoms with E-state index in [4.69, 9.17) is 14.2 Å². The fourth-order valence-electron chi connectivity index (χ4n) is 2.59. The van der Waals surface area contributed by atoms with E-state index in [0.717, 1.165) is 45.8 Å². The van der Waals surface area contributed by atoms with E-state index in [1.54, 1.807) is 0 Å². The van der Waals surface area contributed by atoms with E-state index in [0.29, 0.717) is 18.3 Å². The molecule has 0 radical (unpaired) electrons. The summed E-state index contributed by atoms with van der Waals surface area (Å²) < 4.78 is 16.9. The zero-order valence-electron chi connectivity index (χ0n) is 11.5. The molecule has 0 saturated carbocycles. The molecular formula is C14H27NO3. The Bertz CT molecular complexity index is 219. The Kier molecular flexibility index (Phi) is 6.41. The SMILES string of the molecule is CC1CCC(CNCCCOCC2CCCO2)O1. The second-order valence-corrected chi connectivity index (χ2v) is 5.41. The highest BCUT2D eigenvalue weighted by Crippen LogP contribution is 2.18. The monoisotopic (exact) mass is 257 g/mol. The second kappa shape index (κ2) is 8.10. The summed E-state index contributed by atoms with van der Waals surface area (Å²) in [4.78, 5) is 0. The molecule has 106 valence electrons. The first kappa shape index (κ1) is 14.3. The van der Waals surface area contributed by atoms with Crippen LogP contribution in [-0.4, -0.2) is 51.2 Å². The molecule has 2 aliphatic rings. The maximum absolute atomic E-state index is 5.75. The minimum absolute atomic E-state index is 0.353. The number of nitrogens with one attached hydrogen (secondary N) is 1. The van der Waals surface area contributed by atoms with Crippen molar-refractivity contribution in [2.75, 3.05) is 32.9 Å². The molecule has 0 aromatic heterocycles. The molecule has 0 amide bonds. The fourth-order valence-corrected chi connectivity index (χ4v) is 2.59. The van der Waals surface area contributed by atoms with Crippen LogP contribution in [0, 0.1) is 0 Å². The van der Waals surface area contributed by atoms with Crippen LogP contribution in [0.2, 0.25) is 0 Å². The van der Waals surface area contributed by atoms with Crippen LogP contribution in [0.3, 0.4) is 0 Å². The molecule has 0 aromatic rings. The number of ether oxygens (including phenoxy) is 3. The molecule has 0 aromatic carbocycles. The van der Waals surface area contributed by atoms with Crippen LogP contribution in [-0.2, 0) is 14.2 Å². The van der Waals surface area contributed by atoms with Crippen LogP contribution in [0.15, 0.2) is 0 Å². The van der Waals surface area contributed by atoms with Gasteiger partial charge >= 0.3 is 0 Å². The van der Waals surface area contributed by atoms with Crippen molar-refractivity contribution < 1.29 is 14.2 Å². The lowest BCUT2D eigenvalue weighted by molar-refractivity contribution is 0.0162. The molecule has 4 heteroatoms. The Balaban J connectivity index is 1.35. The third-order valence-electron chi connectivity index (χ3n) is 3.66. The van der Waals surface area contributed by atoms with Gasteiger partial charge in [-0.15, -0.1) is 0 Å². The van der Waals surface area contributed by atoms with Gasteiger partial charge in [-0.05, 0) is 45.6 Å². The van der Waals surface area contributed by atoms with Gasteiger partial charge in [0.15, 0.2) is 0 Å². The lowest BCUT2D eigenvalue weighted by Gasteiger charge is -2.13. The zero-order chi connectivity index (χ0) is 12.6. The highest BCUT2D eigenvalue weighted by molar-refractivity contribution is 4.72. The first-order valence-corrected chi connectivity index (χ1v) is 7.40. The summed E-state index contributed by atoms with van der Waals surface area (Å²) in [5, 5.41) is 3.44. The highest BCUT2D eigenvalue weighted by atomic mass is 16.5. The maximum Gasteiger partial charge on any atom is 0.0809 e. The first-order chi connectivity index (χ1) is 8.84. The van der Waals surface area contributed by atoms with Crippen LogP contribution < -0.4 is 5.32 Å². The normalized spacial score (nSPS) is 32.2. The molecule has 2 aliphatic heterocycles. The van der Waals surface area contributed by atoms with Gasteiger partial charge in [0.05, 0.1) is 24.9 Å². The van der Waals surface area contributed by atoms with Gasteiger partial charge in [0.2, 0.25) is 0 Å². The predicted molar refractivity (Wildman–Crippen MR) is 70.8 cm³/mol. The molecule has 2 saturated heterocycles. The van der Waals surface area contributed by atoms with Crippen molar-refractivity contribution in [3.63, 3.8) is 0 Å². The molecule has 0 spiro atoms. The summed E-state index contributed by atoms with van der Waals surface area (Å²) in [5.74, 6) is 0. The first-order valence-electron chi connectivity index (χ1n) is 7.40. The number of hydrogen-bond acceptors (Lipinski definition) is 4. The third-order valence-corrected chi connectivity index (χ3v) is 3.66. The minimum atomic E-state index is 0.353. The van der Waals surface area contributed by atoms with Crippen molar-refractivity contribution in [2.24, 2.45) is 0 Å². The average molecular weight is 257 g/mol. The third kappa shape index (κ3) is 5.22. The van der Waals surface area contributed by atoms with Crippen molar-refractivity contribution >= 4 is 0 Å². The van der Waals surface area contributed by atoms with Gasteiger partial charge in [-0.3, -0.25) is 0 Å². The standard InChI is InChI=1S/C14H27NO3/c1-12-5-6-13(18-12)10-15-7-3-8-16-11-14-4-2-9-17-14/h12-15H,2-11H2,1H3. The molecular weight excluding hydrogens is 230 g/mol. The Morgan fingerprint density at radius 2 is 2.17 bits per heavy atom. The lowest BCUT2D eigenvalue weighted by Crippen LogP contribution is -2.28. The lowest BCUT2D eigenvalue weighted by atomic mass is 10.2. The van der Waals surface area contributed by atoms with Gasteiger partial charge in [0.25, 0.3) is 0 Å². The number of rotatable bonds is 8. The van der Waals surface area contributed by atoms with Crippen LogP contribution in [0.25, 0.3) is 0 Å². The summed E-state index contributed by atoms with van der Waals surface area (Å²) >= 11 is 0. The molecule has 1 N–H and O–H groups in total. The molecule has 0 aliphatic carbocycles. The van der Waals surface area contributed by atoms with Crippen molar-refractivity contribution in [1.29, 1.82) is 0 Å². The Labute approximate surface area is 110 Å². The predicted octanol–water partition coefficient (Wildman–Crippen LogP) is 1.73. The maximum atomic E-state index is 5.75. The Morgan fingerprint density at radius 3 is 2.89 bits per heavy atom. The Hall–Kier alpha value is -0.160. The largest absolute Gasteiger partial charge is 0.379 e. The fraction of sp³-hybridized carbons (Fsp3) is 1.00. The molecule has 3 unspecified atom stereocenters. The van der Waals surface area contributed by atoms with E-state index in [2.05, 4.69) is 12.2 Å². The van der Waals surface area contributed by atoms with Gasteiger partial charge in [-0.25, -0.2) is 0 Å². The van der Waals surface area contributed by atoms with E-state index in [1.807, 2.05) is 0 Å².